The average molecular weight is 395 g/mol. The number of fused-ring (bicyclic) bond motifs is 1. The van der Waals surface area contributed by atoms with Crippen molar-refractivity contribution in [2.75, 3.05) is 12.4 Å². The second-order valence-electron chi connectivity index (χ2n) is 6.74. The summed E-state index contributed by atoms with van der Waals surface area (Å²) in [5.74, 6) is 2.61. The molecule has 0 saturated heterocycles. The lowest BCUT2D eigenvalue weighted by Crippen LogP contribution is -2.20. The quantitative estimate of drug-likeness (QED) is 0.404. The van der Waals surface area contributed by atoms with Crippen LogP contribution in [0.3, 0.4) is 0 Å². The molecule has 0 spiro atoms. The van der Waals surface area contributed by atoms with Gasteiger partial charge in [0, 0.05) is 10.9 Å². The van der Waals surface area contributed by atoms with Gasteiger partial charge in [0.2, 0.25) is 0 Å². The summed E-state index contributed by atoms with van der Waals surface area (Å²) in [6, 6.07) is 3.56. The predicted molar refractivity (Wildman–Crippen MR) is 120 cm³/mol. The molecule has 1 aromatic carbocycles. The van der Waals surface area contributed by atoms with Crippen molar-refractivity contribution in [1.82, 2.24) is 9.97 Å². The van der Waals surface area contributed by atoms with Gasteiger partial charge in [-0.1, -0.05) is 26.0 Å². The van der Waals surface area contributed by atoms with E-state index in [2.05, 4.69) is 28.8 Å². The summed E-state index contributed by atoms with van der Waals surface area (Å²) in [6.45, 7) is 11.9. The molecule has 0 radical (unpaired) electrons. The van der Waals surface area contributed by atoms with Crippen LogP contribution in [-0.2, 0) is 4.74 Å². The molecule has 6 heteroatoms. The van der Waals surface area contributed by atoms with E-state index in [9.17, 15) is 0 Å². The molecule has 2 aromatic rings. The third-order valence-corrected chi connectivity index (χ3v) is 4.51. The Morgan fingerprint density at radius 2 is 2.10 bits per heavy atom. The van der Waals surface area contributed by atoms with Crippen LogP contribution < -0.4 is 10.1 Å². The van der Waals surface area contributed by atoms with Crippen molar-refractivity contribution in [3.63, 3.8) is 0 Å². The first-order chi connectivity index (χ1) is 13.9. The van der Waals surface area contributed by atoms with Crippen molar-refractivity contribution in [2.45, 2.75) is 46.6 Å². The van der Waals surface area contributed by atoms with E-state index in [4.69, 9.17) is 14.9 Å². The van der Waals surface area contributed by atoms with Crippen molar-refractivity contribution in [2.24, 2.45) is 0 Å². The fourth-order valence-electron chi connectivity index (χ4n) is 2.67. The van der Waals surface area contributed by atoms with Crippen molar-refractivity contribution in [3.8, 4) is 5.75 Å². The zero-order chi connectivity index (χ0) is 21.4. The minimum absolute atomic E-state index is 0.179. The Hall–Kier alpha value is -3.15. The highest BCUT2D eigenvalue weighted by Crippen LogP contribution is 2.30. The Balaban J connectivity index is 2.42. The van der Waals surface area contributed by atoms with Crippen LogP contribution in [0.4, 0.5) is 5.82 Å². The highest BCUT2D eigenvalue weighted by molar-refractivity contribution is 6.10. The SMILES string of the molecule is C=C(O/C(C)=C\C)C(C)Nc1ncnc2c(OC)cc(C(=N)/C=C\CCC)cc12. The van der Waals surface area contributed by atoms with Crippen LogP contribution in [0.15, 0.2) is 54.8 Å². The maximum absolute atomic E-state index is 8.39. The molecule has 2 rings (SSSR count). The Kier molecular flexibility index (Phi) is 7.95. The first-order valence-electron chi connectivity index (χ1n) is 9.75. The molecule has 2 N–H and O–H groups in total. The minimum Gasteiger partial charge on any atom is -0.494 e. The Bertz CT molecular complexity index is 947. The van der Waals surface area contributed by atoms with Gasteiger partial charge in [-0.2, -0.15) is 0 Å². The third kappa shape index (κ3) is 5.67. The Morgan fingerprint density at radius 1 is 1.34 bits per heavy atom. The number of benzene rings is 1. The van der Waals surface area contributed by atoms with Gasteiger partial charge in [-0.25, -0.2) is 9.97 Å². The monoisotopic (exact) mass is 394 g/mol. The fourth-order valence-corrected chi connectivity index (χ4v) is 2.67. The number of methoxy groups -OCH3 is 1. The summed E-state index contributed by atoms with van der Waals surface area (Å²) in [5, 5.41) is 12.5. The number of aromatic nitrogens is 2. The van der Waals surface area contributed by atoms with E-state index >= 15 is 0 Å². The van der Waals surface area contributed by atoms with Gasteiger partial charge >= 0.3 is 0 Å². The molecule has 1 aromatic heterocycles. The normalized spacial score (nSPS) is 12.8. The van der Waals surface area contributed by atoms with E-state index in [0.717, 1.165) is 29.6 Å². The number of nitrogens with zero attached hydrogens (tertiary/aromatic N) is 2. The number of anilines is 1. The zero-order valence-electron chi connectivity index (χ0n) is 17.9. The maximum Gasteiger partial charge on any atom is 0.145 e. The van der Waals surface area contributed by atoms with Crippen LogP contribution >= 0.6 is 0 Å². The predicted octanol–water partition coefficient (Wildman–Crippen LogP) is 5.62. The van der Waals surface area contributed by atoms with Gasteiger partial charge in [0.25, 0.3) is 0 Å². The molecule has 154 valence electrons. The smallest absolute Gasteiger partial charge is 0.145 e. The second-order valence-corrected chi connectivity index (χ2v) is 6.74. The summed E-state index contributed by atoms with van der Waals surface area (Å²) in [7, 11) is 1.60. The van der Waals surface area contributed by atoms with Crippen LogP contribution in [0.25, 0.3) is 10.9 Å². The zero-order valence-corrected chi connectivity index (χ0v) is 17.9. The third-order valence-electron chi connectivity index (χ3n) is 4.51. The van der Waals surface area contributed by atoms with E-state index in [0.29, 0.717) is 28.6 Å². The molecule has 1 unspecified atom stereocenters. The van der Waals surface area contributed by atoms with Crippen molar-refractivity contribution in [1.29, 1.82) is 5.41 Å². The summed E-state index contributed by atoms with van der Waals surface area (Å²) >= 11 is 0. The molecule has 0 amide bonds. The van der Waals surface area contributed by atoms with Gasteiger partial charge < -0.3 is 20.2 Å². The van der Waals surface area contributed by atoms with E-state index in [1.165, 1.54) is 6.33 Å². The summed E-state index contributed by atoms with van der Waals surface area (Å²) in [4.78, 5) is 8.78. The summed E-state index contributed by atoms with van der Waals surface area (Å²) in [6.07, 6.45) is 9.18. The van der Waals surface area contributed by atoms with E-state index < -0.39 is 0 Å². The Morgan fingerprint density at radius 3 is 2.76 bits per heavy atom. The molecule has 0 aliphatic heterocycles. The van der Waals surface area contributed by atoms with Crippen molar-refractivity contribution >= 4 is 22.4 Å². The van der Waals surface area contributed by atoms with Crippen molar-refractivity contribution < 1.29 is 9.47 Å². The van der Waals surface area contributed by atoms with Crippen LogP contribution in [0.5, 0.6) is 5.75 Å². The van der Waals surface area contributed by atoms with Crippen LogP contribution in [-0.4, -0.2) is 28.8 Å². The number of ether oxygens (including phenoxy) is 2. The molecule has 0 aliphatic rings. The van der Waals surface area contributed by atoms with Gasteiger partial charge in [0.15, 0.2) is 0 Å². The van der Waals surface area contributed by atoms with Crippen LogP contribution in [0.2, 0.25) is 0 Å². The van der Waals surface area contributed by atoms with Crippen molar-refractivity contribution in [3.05, 3.63) is 60.3 Å². The summed E-state index contributed by atoms with van der Waals surface area (Å²) in [5.41, 5.74) is 1.84. The highest BCUT2D eigenvalue weighted by Gasteiger charge is 2.15. The first-order valence-corrected chi connectivity index (χ1v) is 9.75. The highest BCUT2D eigenvalue weighted by atomic mass is 16.5. The summed E-state index contributed by atoms with van der Waals surface area (Å²) < 4.78 is 11.2. The number of unbranched alkanes of at least 4 members (excludes halogenated alkanes) is 1. The lowest BCUT2D eigenvalue weighted by atomic mass is 10.0. The van der Waals surface area contributed by atoms with Gasteiger partial charge in [-0.05, 0) is 51.5 Å². The molecule has 0 bridgehead atoms. The molecular weight excluding hydrogens is 364 g/mol. The van der Waals surface area contributed by atoms with Gasteiger partial charge in [-0.15, -0.1) is 0 Å². The maximum atomic E-state index is 8.39. The topological polar surface area (TPSA) is 80.1 Å². The van der Waals surface area contributed by atoms with Crippen LogP contribution in [0, 0.1) is 5.41 Å². The number of nitrogens with one attached hydrogen (secondary N) is 2. The van der Waals surface area contributed by atoms with Gasteiger partial charge in [-0.3, -0.25) is 0 Å². The number of hydrogen-bond donors (Lipinski definition) is 2. The number of allylic oxidation sites excluding steroid dienone is 4. The minimum atomic E-state index is -0.179. The first kappa shape index (κ1) is 22.1. The lowest BCUT2D eigenvalue weighted by molar-refractivity contribution is 0.289. The largest absolute Gasteiger partial charge is 0.494 e. The molecule has 6 nitrogen and oxygen atoms in total. The molecule has 0 saturated carbocycles. The van der Waals surface area contributed by atoms with Gasteiger partial charge in [0.05, 0.1) is 24.6 Å². The van der Waals surface area contributed by atoms with E-state index in [-0.39, 0.29) is 6.04 Å². The molecule has 0 fully saturated rings. The molecule has 0 aliphatic carbocycles. The lowest BCUT2D eigenvalue weighted by Gasteiger charge is -2.19. The average Bonchev–Trinajstić information content (AvgIpc) is 2.72. The molecule has 1 heterocycles. The molecule has 1 atom stereocenters. The standard InChI is InChI=1S/C23H30N4O2/c1-7-9-10-11-20(24)18-12-19-22(21(13-18)28-6)25-14-26-23(19)27-16(4)17(5)29-15(3)8-2/h8,10-14,16,24H,5,7,9H2,1-4,6H3,(H,25,26,27)/b11-10-,15-8-,24-20?. The Labute approximate surface area is 172 Å². The molecular formula is C23H30N4O2. The second kappa shape index (κ2) is 10.4. The van der Waals surface area contributed by atoms with Crippen LogP contribution in [0.1, 0.15) is 46.1 Å². The van der Waals surface area contributed by atoms with E-state index in [1.807, 2.05) is 51.1 Å². The van der Waals surface area contributed by atoms with E-state index in [1.54, 1.807) is 7.11 Å². The molecule has 29 heavy (non-hydrogen) atoms. The fraction of sp³-hybridized carbons (Fsp3) is 0.348. The van der Waals surface area contributed by atoms with Gasteiger partial charge in [0.1, 0.15) is 29.2 Å². The number of rotatable bonds is 10. The number of hydrogen-bond acceptors (Lipinski definition) is 6.